The van der Waals surface area contributed by atoms with Crippen LogP contribution < -0.4 is 15.6 Å². The predicted octanol–water partition coefficient (Wildman–Crippen LogP) is 2.62. The molecular formula is C17H25F2N6O2+. The molecule has 3 N–H and O–H groups in total. The maximum atomic E-state index is 11.9. The number of nitrogens with one attached hydrogen (secondary N) is 3. The summed E-state index contributed by atoms with van der Waals surface area (Å²) in [4.78, 5) is 17.0. The lowest BCUT2D eigenvalue weighted by Gasteiger charge is -2.29. The summed E-state index contributed by atoms with van der Waals surface area (Å²) in [7, 11) is 2.44. The molecule has 0 aliphatic carbocycles. The second kappa shape index (κ2) is 8.03. The molecule has 2 aromatic rings. The first-order valence-electron chi connectivity index (χ1n) is 9.07. The molecule has 0 saturated carbocycles. The van der Waals surface area contributed by atoms with E-state index in [0.29, 0.717) is 5.82 Å². The van der Waals surface area contributed by atoms with Gasteiger partial charge in [-0.05, 0) is 19.3 Å². The van der Waals surface area contributed by atoms with Gasteiger partial charge in [0, 0.05) is 12.5 Å². The van der Waals surface area contributed by atoms with Crippen LogP contribution in [0.5, 0.6) is 5.88 Å². The number of halogens is 2. The van der Waals surface area contributed by atoms with E-state index in [1.165, 1.54) is 49.0 Å². The van der Waals surface area contributed by atoms with E-state index in [2.05, 4.69) is 44.2 Å². The van der Waals surface area contributed by atoms with E-state index < -0.39 is 12.2 Å². The summed E-state index contributed by atoms with van der Waals surface area (Å²) in [5, 5.41) is 8.56. The Bertz CT molecular complexity index is 810. The van der Waals surface area contributed by atoms with Gasteiger partial charge in [-0.1, -0.05) is 6.92 Å². The van der Waals surface area contributed by atoms with Gasteiger partial charge in [0.25, 0.3) is 5.56 Å². The van der Waals surface area contributed by atoms with Crippen molar-refractivity contribution in [3.63, 3.8) is 0 Å². The van der Waals surface area contributed by atoms with Crippen LogP contribution in [0.25, 0.3) is 0 Å². The third-order valence-corrected chi connectivity index (χ3v) is 5.37. The van der Waals surface area contributed by atoms with Crippen molar-refractivity contribution in [1.29, 1.82) is 0 Å². The normalized spacial score (nSPS) is 26.0. The monoisotopic (exact) mass is 383 g/mol. The van der Waals surface area contributed by atoms with Crippen molar-refractivity contribution in [3.05, 3.63) is 28.8 Å². The molecule has 2 aromatic heterocycles. The van der Waals surface area contributed by atoms with E-state index in [-0.39, 0.29) is 11.7 Å². The summed E-state index contributed by atoms with van der Waals surface area (Å²) >= 11 is 0. The minimum atomic E-state index is -2.94. The largest absolute Gasteiger partial charge is 0.415 e. The van der Waals surface area contributed by atoms with E-state index in [4.69, 9.17) is 0 Å². The van der Waals surface area contributed by atoms with Crippen molar-refractivity contribution in [2.75, 3.05) is 18.9 Å². The highest BCUT2D eigenvalue weighted by Gasteiger charge is 2.56. The first kappa shape index (κ1) is 19.3. The number of nitrogens with zero attached hydrogens (tertiary/aromatic N) is 3. The average Bonchev–Trinajstić information content (AvgIpc) is 3.13. The van der Waals surface area contributed by atoms with Crippen molar-refractivity contribution in [1.82, 2.24) is 20.2 Å². The number of alkyl halides is 2. The van der Waals surface area contributed by atoms with E-state index in [1.807, 2.05) is 0 Å². The molecule has 0 spiro atoms. The van der Waals surface area contributed by atoms with Gasteiger partial charge in [0.2, 0.25) is 5.88 Å². The quantitative estimate of drug-likeness (QED) is 0.545. The van der Waals surface area contributed by atoms with Crippen LogP contribution in [0.15, 0.2) is 23.3 Å². The van der Waals surface area contributed by atoms with Gasteiger partial charge in [-0.2, -0.15) is 8.78 Å². The lowest BCUT2D eigenvalue weighted by molar-refractivity contribution is -0.825. The number of H-pyrrole nitrogens is 2. The van der Waals surface area contributed by atoms with Gasteiger partial charge in [0.05, 0.1) is 25.5 Å². The molecule has 0 aromatic carbocycles. The Hall–Kier alpha value is -2.49. The van der Waals surface area contributed by atoms with Crippen LogP contribution in [-0.2, 0) is 0 Å². The summed E-state index contributed by atoms with van der Waals surface area (Å²) in [6, 6.07) is 3.30. The lowest BCUT2D eigenvalue weighted by Crippen LogP contribution is -2.38. The van der Waals surface area contributed by atoms with Gasteiger partial charge in [-0.15, -0.1) is 5.10 Å². The highest BCUT2D eigenvalue weighted by atomic mass is 19.3. The van der Waals surface area contributed by atoms with E-state index in [1.54, 1.807) is 0 Å². The third kappa shape index (κ3) is 4.82. The zero-order valence-electron chi connectivity index (χ0n) is 15.4. The Labute approximate surface area is 155 Å². The highest BCUT2D eigenvalue weighted by molar-refractivity contribution is 5.51. The van der Waals surface area contributed by atoms with Gasteiger partial charge >= 0.3 is 6.61 Å². The number of rotatable bonds is 5. The van der Waals surface area contributed by atoms with E-state index >= 15 is 0 Å². The van der Waals surface area contributed by atoms with Crippen LogP contribution in [0.3, 0.4) is 0 Å². The number of likely N-dealkylation sites (N-methyl/N-ethyl adjacent to an activating group) is 1. The topological polar surface area (TPSA) is 95.7 Å². The molecule has 2 saturated heterocycles. The van der Waals surface area contributed by atoms with E-state index in [0.717, 1.165) is 18.3 Å². The molecule has 8 nitrogen and oxygen atoms in total. The fourth-order valence-electron chi connectivity index (χ4n) is 3.85. The fourth-order valence-corrected chi connectivity index (χ4v) is 3.85. The lowest BCUT2D eigenvalue weighted by atomic mass is 10.0. The van der Waals surface area contributed by atoms with Gasteiger partial charge in [-0.25, -0.2) is 0 Å². The molecule has 0 bridgehead atoms. The Morgan fingerprint density at radius 1 is 1.37 bits per heavy atom. The SMILES string of the molecule is CCC1CCCC2C[N+]12C.O=c1cncc(Nc2cc(OC(F)F)n[nH]2)[nH]1. The number of hydrogen-bond donors (Lipinski definition) is 3. The molecule has 10 heteroatoms. The summed E-state index contributed by atoms with van der Waals surface area (Å²) in [5.74, 6) is 0.322. The Kier molecular flexibility index (Phi) is 5.73. The molecule has 148 valence electrons. The summed E-state index contributed by atoms with van der Waals surface area (Å²) in [6.07, 6.45) is 8.35. The molecule has 2 fully saturated rings. The van der Waals surface area contributed by atoms with Crippen LogP contribution >= 0.6 is 0 Å². The Morgan fingerprint density at radius 2 is 2.19 bits per heavy atom. The van der Waals surface area contributed by atoms with Crippen LogP contribution in [0.4, 0.5) is 20.4 Å². The van der Waals surface area contributed by atoms with Gasteiger partial charge < -0.3 is 19.5 Å². The summed E-state index contributed by atoms with van der Waals surface area (Å²) in [6.45, 7) is 0.886. The molecule has 2 aliphatic heterocycles. The number of aromatic nitrogens is 4. The molecule has 3 unspecified atom stereocenters. The van der Waals surface area contributed by atoms with Gasteiger partial charge in [0.1, 0.15) is 24.2 Å². The molecule has 3 atom stereocenters. The number of ether oxygens (including phenoxy) is 1. The number of piperidine rings is 1. The number of fused-ring (bicyclic) bond motifs is 1. The second-order valence-electron chi connectivity index (χ2n) is 7.11. The van der Waals surface area contributed by atoms with Crippen LogP contribution in [0.1, 0.15) is 32.6 Å². The zero-order chi connectivity index (χ0) is 19.4. The molecular weight excluding hydrogens is 358 g/mol. The standard InChI is InChI=1S/C9H18N.C8H7F2N5O2/c1-3-8-5-4-6-9-7-10(8,9)2;9-8(10)17-7-1-4(14-15-7)12-5-2-11-3-6(16)13-5/h8-9H,3-7H2,1-2H3;1-3,8H,(H3,12,13,14,15,16)/q+1;. The average molecular weight is 383 g/mol. The van der Waals surface area contributed by atoms with Crippen molar-refractivity contribution in [3.8, 4) is 5.88 Å². The van der Waals surface area contributed by atoms with Gasteiger partial charge in [0.15, 0.2) is 0 Å². The van der Waals surface area contributed by atoms with Crippen molar-refractivity contribution < 1.29 is 18.0 Å². The van der Waals surface area contributed by atoms with E-state index in [9.17, 15) is 13.6 Å². The molecule has 2 aliphatic rings. The fraction of sp³-hybridized carbons (Fsp3) is 0.588. The van der Waals surface area contributed by atoms with Crippen LogP contribution in [0, 0.1) is 0 Å². The zero-order valence-corrected chi connectivity index (χ0v) is 15.4. The number of anilines is 2. The predicted molar refractivity (Wildman–Crippen MR) is 96.1 cm³/mol. The maximum Gasteiger partial charge on any atom is 0.388 e. The molecule has 4 heterocycles. The Morgan fingerprint density at radius 3 is 2.85 bits per heavy atom. The number of hydrogen-bond acceptors (Lipinski definition) is 5. The Balaban J connectivity index is 0.000000177. The van der Waals surface area contributed by atoms with Gasteiger partial charge in [-0.3, -0.25) is 14.9 Å². The number of aromatic amines is 2. The number of quaternary nitrogens is 1. The first-order chi connectivity index (χ1) is 12.9. The molecule has 0 radical (unpaired) electrons. The van der Waals surface area contributed by atoms with Crippen LogP contribution in [0.2, 0.25) is 0 Å². The maximum absolute atomic E-state index is 11.9. The van der Waals surface area contributed by atoms with Crippen LogP contribution in [-0.4, -0.2) is 56.9 Å². The van der Waals surface area contributed by atoms with Crippen molar-refractivity contribution in [2.45, 2.75) is 51.3 Å². The summed E-state index contributed by atoms with van der Waals surface area (Å²) in [5.41, 5.74) is -0.390. The molecule has 4 rings (SSSR count). The minimum absolute atomic E-state index is 0.256. The smallest absolute Gasteiger partial charge is 0.388 e. The summed E-state index contributed by atoms with van der Waals surface area (Å²) < 4.78 is 29.2. The molecule has 0 amide bonds. The second-order valence-corrected chi connectivity index (χ2v) is 7.11. The molecule has 27 heavy (non-hydrogen) atoms. The van der Waals surface area contributed by atoms with Crippen molar-refractivity contribution >= 4 is 11.6 Å². The first-order valence-corrected chi connectivity index (χ1v) is 9.07. The highest BCUT2D eigenvalue weighted by Crippen LogP contribution is 2.42. The minimum Gasteiger partial charge on any atom is -0.415 e. The third-order valence-electron chi connectivity index (χ3n) is 5.37. The van der Waals surface area contributed by atoms with Crippen molar-refractivity contribution in [2.24, 2.45) is 0 Å².